The number of rotatable bonds is 2. The second kappa shape index (κ2) is 5.32. The lowest BCUT2D eigenvalue weighted by molar-refractivity contribution is -0.0571. The Labute approximate surface area is 124 Å². The number of aromatic hydroxyl groups is 1. The van der Waals surface area contributed by atoms with Gasteiger partial charge in [0.2, 0.25) is 0 Å². The van der Waals surface area contributed by atoms with Crippen molar-refractivity contribution in [3.05, 3.63) is 18.2 Å². The van der Waals surface area contributed by atoms with E-state index in [1.165, 1.54) is 18.2 Å². The number of nitrogen functional groups attached to an aromatic ring is 1. The van der Waals surface area contributed by atoms with E-state index in [2.05, 4.69) is 10.1 Å². The van der Waals surface area contributed by atoms with Crippen LogP contribution in [0, 0.1) is 5.41 Å². The number of amidine groups is 1. The van der Waals surface area contributed by atoms with Gasteiger partial charge < -0.3 is 10.8 Å². The van der Waals surface area contributed by atoms with Gasteiger partial charge in [0, 0.05) is 12.1 Å². The second-order valence-corrected chi connectivity index (χ2v) is 4.94. The standard InChI is InChI=1S/C13H14F3N5O/c1-6(2)21-12(18)10(11(20-21)13(14,15)16)19-9-4-3-7(22)5-8(9)17/h3-6,18,22H,17H2,1-2H3. The molecule has 2 rings (SSSR count). The number of halogens is 3. The van der Waals surface area contributed by atoms with E-state index in [9.17, 15) is 18.3 Å². The highest BCUT2D eigenvalue weighted by molar-refractivity contribution is 6.70. The molecule has 0 amide bonds. The maximum absolute atomic E-state index is 13.1. The lowest BCUT2D eigenvalue weighted by Gasteiger charge is -2.17. The first-order chi connectivity index (χ1) is 10.1. The molecule has 118 valence electrons. The monoisotopic (exact) mass is 313 g/mol. The number of anilines is 1. The molecule has 22 heavy (non-hydrogen) atoms. The van der Waals surface area contributed by atoms with Crippen LogP contribution in [0.4, 0.5) is 24.5 Å². The van der Waals surface area contributed by atoms with Gasteiger partial charge in [-0.25, -0.2) is 10.0 Å². The quantitative estimate of drug-likeness (QED) is 0.732. The first kappa shape index (κ1) is 15.8. The van der Waals surface area contributed by atoms with E-state index in [1.54, 1.807) is 13.8 Å². The number of hydrazone groups is 1. The SMILES string of the molecule is CC(C)N1N=C(C(F)(F)F)C(=Nc2ccc(O)cc2N)C1=N. The number of phenolic OH excluding ortho intramolecular Hbond substituents is 1. The Morgan fingerprint density at radius 2 is 2.00 bits per heavy atom. The highest BCUT2D eigenvalue weighted by Gasteiger charge is 2.46. The number of hydrogen-bond acceptors (Lipinski definition) is 5. The van der Waals surface area contributed by atoms with Crippen LogP contribution in [-0.4, -0.2) is 39.6 Å². The zero-order chi connectivity index (χ0) is 16.7. The molecule has 0 radical (unpaired) electrons. The van der Waals surface area contributed by atoms with Gasteiger partial charge in [-0.15, -0.1) is 0 Å². The smallest absolute Gasteiger partial charge is 0.437 e. The molecule has 1 aliphatic heterocycles. The number of hydrogen-bond donors (Lipinski definition) is 3. The van der Waals surface area contributed by atoms with Crippen molar-refractivity contribution in [2.45, 2.75) is 26.1 Å². The zero-order valence-electron chi connectivity index (χ0n) is 11.8. The van der Waals surface area contributed by atoms with Gasteiger partial charge in [-0.3, -0.25) is 5.41 Å². The summed E-state index contributed by atoms with van der Waals surface area (Å²) in [6.45, 7) is 3.23. The molecule has 0 bridgehead atoms. The first-order valence-electron chi connectivity index (χ1n) is 6.32. The third-order valence-electron chi connectivity index (χ3n) is 2.89. The highest BCUT2D eigenvalue weighted by Crippen LogP contribution is 2.30. The lowest BCUT2D eigenvalue weighted by atomic mass is 10.2. The summed E-state index contributed by atoms with van der Waals surface area (Å²) >= 11 is 0. The van der Waals surface area contributed by atoms with Gasteiger partial charge in [-0.1, -0.05) is 0 Å². The van der Waals surface area contributed by atoms with E-state index in [1.807, 2.05) is 0 Å². The molecule has 0 atom stereocenters. The van der Waals surface area contributed by atoms with E-state index in [-0.39, 0.29) is 17.1 Å². The summed E-state index contributed by atoms with van der Waals surface area (Å²) < 4.78 is 39.2. The summed E-state index contributed by atoms with van der Waals surface area (Å²) in [5, 5.41) is 21.5. The predicted molar refractivity (Wildman–Crippen MR) is 77.8 cm³/mol. The first-order valence-corrected chi connectivity index (χ1v) is 6.32. The van der Waals surface area contributed by atoms with Crippen molar-refractivity contribution >= 4 is 28.6 Å². The van der Waals surface area contributed by atoms with Gasteiger partial charge >= 0.3 is 6.18 Å². The van der Waals surface area contributed by atoms with Crippen molar-refractivity contribution in [3.8, 4) is 5.75 Å². The van der Waals surface area contributed by atoms with Gasteiger partial charge in [0.1, 0.15) is 11.5 Å². The molecule has 0 unspecified atom stereocenters. The van der Waals surface area contributed by atoms with Crippen LogP contribution in [0.15, 0.2) is 28.3 Å². The minimum Gasteiger partial charge on any atom is -0.508 e. The Balaban J connectivity index is 2.54. The number of phenols is 1. The van der Waals surface area contributed by atoms with E-state index in [4.69, 9.17) is 11.1 Å². The topological polar surface area (TPSA) is 98.1 Å². The van der Waals surface area contributed by atoms with E-state index >= 15 is 0 Å². The minimum absolute atomic E-state index is 0.00446. The largest absolute Gasteiger partial charge is 0.508 e. The van der Waals surface area contributed by atoms with Crippen molar-refractivity contribution in [1.82, 2.24) is 5.01 Å². The Hall–Kier alpha value is -2.58. The van der Waals surface area contributed by atoms with Crippen molar-refractivity contribution in [3.63, 3.8) is 0 Å². The number of nitrogens with one attached hydrogen (secondary N) is 1. The van der Waals surface area contributed by atoms with E-state index < -0.39 is 29.5 Å². The second-order valence-electron chi connectivity index (χ2n) is 4.94. The maximum atomic E-state index is 13.1. The highest BCUT2D eigenvalue weighted by atomic mass is 19.4. The Morgan fingerprint density at radius 3 is 2.50 bits per heavy atom. The number of aliphatic imine (C=N–C) groups is 1. The Morgan fingerprint density at radius 1 is 1.36 bits per heavy atom. The molecule has 0 aliphatic carbocycles. The summed E-state index contributed by atoms with van der Waals surface area (Å²) in [5.74, 6) is -0.578. The molecule has 0 spiro atoms. The van der Waals surface area contributed by atoms with Gasteiger partial charge in [-0.2, -0.15) is 18.3 Å². The van der Waals surface area contributed by atoms with Crippen LogP contribution >= 0.6 is 0 Å². The fraction of sp³-hybridized carbons (Fsp3) is 0.308. The molecule has 0 saturated heterocycles. The molecule has 1 heterocycles. The molecule has 0 saturated carbocycles. The molecule has 9 heteroatoms. The van der Waals surface area contributed by atoms with Gasteiger partial charge in [-0.05, 0) is 26.0 Å². The van der Waals surface area contributed by atoms with Crippen molar-refractivity contribution in [1.29, 1.82) is 5.41 Å². The summed E-state index contributed by atoms with van der Waals surface area (Å²) in [4.78, 5) is 3.82. The predicted octanol–water partition coefficient (Wildman–Crippen LogP) is 2.67. The van der Waals surface area contributed by atoms with Crippen LogP contribution in [0.5, 0.6) is 5.75 Å². The van der Waals surface area contributed by atoms with Crippen molar-refractivity contribution in [2.24, 2.45) is 10.1 Å². The molecular weight excluding hydrogens is 299 g/mol. The van der Waals surface area contributed by atoms with Crippen LogP contribution < -0.4 is 5.73 Å². The summed E-state index contributed by atoms with van der Waals surface area (Å²) in [5.41, 5.74) is 3.82. The molecule has 0 fully saturated rings. The molecular formula is C13H14F3N5O. The van der Waals surface area contributed by atoms with Crippen LogP contribution in [0.2, 0.25) is 0 Å². The number of nitrogens with zero attached hydrogens (tertiary/aromatic N) is 3. The summed E-state index contributed by atoms with van der Waals surface area (Å²) in [7, 11) is 0. The molecule has 1 aromatic carbocycles. The third kappa shape index (κ3) is 2.87. The Bertz CT molecular complexity index is 679. The van der Waals surface area contributed by atoms with Crippen LogP contribution in [0.3, 0.4) is 0 Å². The van der Waals surface area contributed by atoms with Crippen LogP contribution in [0.1, 0.15) is 13.8 Å². The number of alkyl halides is 3. The molecule has 1 aliphatic rings. The fourth-order valence-electron chi connectivity index (χ4n) is 1.86. The summed E-state index contributed by atoms with van der Waals surface area (Å²) in [6, 6.07) is 3.27. The summed E-state index contributed by atoms with van der Waals surface area (Å²) in [6.07, 6.45) is -4.74. The van der Waals surface area contributed by atoms with Gasteiger partial charge in [0.15, 0.2) is 11.5 Å². The third-order valence-corrected chi connectivity index (χ3v) is 2.89. The lowest BCUT2D eigenvalue weighted by Crippen LogP contribution is -2.35. The van der Waals surface area contributed by atoms with Crippen molar-refractivity contribution in [2.75, 3.05) is 5.73 Å². The fourth-order valence-corrected chi connectivity index (χ4v) is 1.86. The Kier molecular flexibility index (Phi) is 3.82. The van der Waals surface area contributed by atoms with Crippen molar-refractivity contribution < 1.29 is 18.3 Å². The zero-order valence-corrected chi connectivity index (χ0v) is 11.8. The molecule has 1 aromatic rings. The van der Waals surface area contributed by atoms with E-state index in [0.717, 1.165) is 5.01 Å². The maximum Gasteiger partial charge on any atom is 0.437 e. The number of nitrogens with two attached hydrogens (primary N) is 1. The van der Waals surface area contributed by atoms with Gasteiger partial charge in [0.05, 0.1) is 11.4 Å². The normalized spacial score (nSPS) is 17.5. The molecule has 0 aromatic heterocycles. The number of benzene rings is 1. The average Bonchev–Trinajstić information content (AvgIpc) is 2.70. The van der Waals surface area contributed by atoms with Gasteiger partial charge in [0.25, 0.3) is 0 Å². The molecule has 6 nitrogen and oxygen atoms in total. The molecule has 4 N–H and O–H groups in total. The van der Waals surface area contributed by atoms with Crippen LogP contribution in [-0.2, 0) is 0 Å². The van der Waals surface area contributed by atoms with Crippen LogP contribution in [0.25, 0.3) is 0 Å². The van der Waals surface area contributed by atoms with E-state index in [0.29, 0.717) is 0 Å². The minimum atomic E-state index is -4.74. The average molecular weight is 313 g/mol.